The first-order valence-electron chi connectivity index (χ1n) is 7.24. The Morgan fingerprint density at radius 3 is 2.25 bits per heavy atom. The van der Waals surface area contributed by atoms with Crippen LogP contribution >= 0.6 is 0 Å². The highest BCUT2D eigenvalue weighted by molar-refractivity contribution is 6.03. The molecule has 2 aromatic carbocycles. The summed E-state index contributed by atoms with van der Waals surface area (Å²) in [5, 5.41) is 1.99. The molecule has 0 aromatic heterocycles. The number of nitrogens with zero attached hydrogens (tertiary/aromatic N) is 1. The van der Waals surface area contributed by atoms with Crippen LogP contribution in [-0.2, 0) is 19.2 Å². The van der Waals surface area contributed by atoms with Gasteiger partial charge in [-0.1, -0.05) is 12.1 Å². The lowest BCUT2D eigenvalue weighted by molar-refractivity contribution is -0.172. The van der Waals surface area contributed by atoms with Gasteiger partial charge in [0.25, 0.3) is 11.8 Å². The van der Waals surface area contributed by atoms with Gasteiger partial charge in [0.15, 0.2) is 0 Å². The van der Waals surface area contributed by atoms with E-state index in [-0.39, 0.29) is 18.4 Å². The van der Waals surface area contributed by atoms with Crippen LogP contribution in [0.1, 0.15) is 30.1 Å². The maximum atomic E-state index is 12.1. The number of amides is 2. The summed E-state index contributed by atoms with van der Waals surface area (Å²) in [7, 11) is 0. The Labute approximate surface area is 136 Å². The van der Waals surface area contributed by atoms with Crippen LogP contribution in [0.25, 0.3) is 10.8 Å². The highest BCUT2D eigenvalue weighted by atomic mass is 16.7. The summed E-state index contributed by atoms with van der Waals surface area (Å²) in [4.78, 5) is 50.9. The molecule has 0 bridgehead atoms. The Hall–Kier alpha value is -3.22. The van der Waals surface area contributed by atoms with Gasteiger partial charge in [0.05, 0.1) is 5.56 Å². The second-order valence-corrected chi connectivity index (χ2v) is 5.28. The van der Waals surface area contributed by atoms with Gasteiger partial charge >= 0.3 is 11.9 Å². The number of imide groups is 1. The number of hydroxylamine groups is 2. The average Bonchev–Trinajstić information content (AvgIpc) is 2.85. The number of ether oxygens (including phenoxy) is 1. The van der Waals surface area contributed by atoms with Crippen molar-refractivity contribution >= 4 is 34.5 Å². The van der Waals surface area contributed by atoms with Crippen molar-refractivity contribution in [2.75, 3.05) is 0 Å². The average molecular weight is 327 g/mol. The molecule has 1 aliphatic heterocycles. The third-order valence-electron chi connectivity index (χ3n) is 3.49. The third-order valence-corrected chi connectivity index (χ3v) is 3.49. The van der Waals surface area contributed by atoms with E-state index in [1.54, 1.807) is 30.3 Å². The van der Waals surface area contributed by atoms with Crippen LogP contribution in [0.15, 0.2) is 36.4 Å². The van der Waals surface area contributed by atoms with E-state index < -0.39 is 23.8 Å². The first-order valence-corrected chi connectivity index (χ1v) is 7.24. The number of rotatable bonds is 3. The van der Waals surface area contributed by atoms with Gasteiger partial charge in [-0.25, -0.2) is 4.79 Å². The highest BCUT2D eigenvalue weighted by Gasteiger charge is 2.33. The molecule has 0 atom stereocenters. The van der Waals surface area contributed by atoms with Crippen molar-refractivity contribution in [3.05, 3.63) is 42.0 Å². The Morgan fingerprint density at radius 2 is 1.58 bits per heavy atom. The number of fused-ring (bicyclic) bond motifs is 1. The minimum atomic E-state index is -0.787. The second kappa shape index (κ2) is 6.11. The minimum Gasteiger partial charge on any atom is -0.427 e. The molecule has 0 aliphatic carbocycles. The molecule has 0 spiro atoms. The molecule has 2 amide bonds. The van der Waals surface area contributed by atoms with Crippen molar-refractivity contribution in [1.29, 1.82) is 0 Å². The number of esters is 1. The normalized spacial score (nSPS) is 14.1. The Morgan fingerprint density at radius 1 is 0.958 bits per heavy atom. The van der Waals surface area contributed by atoms with E-state index in [1.807, 2.05) is 0 Å². The molecule has 1 aliphatic rings. The van der Waals surface area contributed by atoms with E-state index in [4.69, 9.17) is 9.57 Å². The predicted octanol–water partition coefficient (Wildman–Crippen LogP) is 1.99. The van der Waals surface area contributed by atoms with Crippen molar-refractivity contribution in [1.82, 2.24) is 5.06 Å². The molecule has 2 aromatic rings. The zero-order valence-corrected chi connectivity index (χ0v) is 12.8. The Bertz CT molecular complexity index is 857. The number of benzene rings is 2. The minimum absolute atomic E-state index is 0.0444. The zero-order chi connectivity index (χ0) is 17.3. The van der Waals surface area contributed by atoms with Crippen LogP contribution in [0.2, 0.25) is 0 Å². The molecule has 1 heterocycles. The number of hydrogen-bond donors (Lipinski definition) is 0. The summed E-state index contributed by atoms with van der Waals surface area (Å²) in [6, 6.07) is 9.70. The van der Waals surface area contributed by atoms with Gasteiger partial charge < -0.3 is 9.57 Å². The third kappa shape index (κ3) is 3.10. The molecule has 0 N–H and O–H groups in total. The van der Waals surface area contributed by atoms with E-state index in [0.29, 0.717) is 10.8 Å². The summed E-state index contributed by atoms with van der Waals surface area (Å²) in [6.07, 6.45) is 0.0888. The molecule has 3 rings (SSSR count). The molecule has 0 saturated carbocycles. The van der Waals surface area contributed by atoms with Gasteiger partial charge in [0.2, 0.25) is 0 Å². The summed E-state index contributed by atoms with van der Waals surface area (Å²) < 4.78 is 5.00. The fourth-order valence-corrected chi connectivity index (χ4v) is 2.37. The molecule has 122 valence electrons. The Balaban J connectivity index is 1.82. The largest absolute Gasteiger partial charge is 0.427 e. The molecule has 0 unspecified atom stereocenters. The topological polar surface area (TPSA) is 90.0 Å². The van der Waals surface area contributed by atoms with Crippen molar-refractivity contribution in [2.45, 2.75) is 19.8 Å². The molecule has 24 heavy (non-hydrogen) atoms. The molecular formula is C17H13NO6. The summed E-state index contributed by atoms with van der Waals surface area (Å²) in [6.45, 7) is 1.31. The number of carbonyl (C=O) groups is 4. The van der Waals surface area contributed by atoms with Gasteiger partial charge in [0.1, 0.15) is 5.75 Å². The fourth-order valence-electron chi connectivity index (χ4n) is 2.37. The monoisotopic (exact) mass is 327 g/mol. The van der Waals surface area contributed by atoms with Gasteiger partial charge in [-0.2, -0.15) is 0 Å². The van der Waals surface area contributed by atoms with Crippen molar-refractivity contribution < 1.29 is 28.8 Å². The maximum Gasteiger partial charge on any atom is 0.363 e. The molecular weight excluding hydrogens is 314 g/mol. The van der Waals surface area contributed by atoms with Crippen molar-refractivity contribution in [3.63, 3.8) is 0 Å². The van der Waals surface area contributed by atoms with Gasteiger partial charge in [-0.3, -0.25) is 14.4 Å². The lowest BCUT2D eigenvalue weighted by Crippen LogP contribution is -2.32. The molecule has 1 saturated heterocycles. The number of hydrogen-bond acceptors (Lipinski definition) is 6. The van der Waals surface area contributed by atoms with Gasteiger partial charge in [-0.05, 0) is 35.0 Å². The standard InChI is InChI=1S/C17H13NO6/c1-10(19)23-14-5-4-11-8-13(3-2-12(11)9-14)17(22)24-18-15(20)6-7-16(18)21/h2-5,8-9H,6-7H2,1H3. The van der Waals surface area contributed by atoms with Gasteiger partial charge in [0, 0.05) is 19.8 Å². The smallest absolute Gasteiger partial charge is 0.363 e. The number of carbonyl (C=O) groups excluding carboxylic acids is 4. The van der Waals surface area contributed by atoms with E-state index in [0.717, 1.165) is 10.8 Å². The summed E-state index contributed by atoms with van der Waals surface area (Å²) in [5.41, 5.74) is 0.204. The van der Waals surface area contributed by atoms with Crippen molar-refractivity contribution in [2.24, 2.45) is 0 Å². The highest BCUT2D eigenvalue weighted by Crippen LogP contribution is 2.23. The van der Waals surface area contributed by atoms with Crippen LogP contribution in [0.5, 0.6) is 5.75 Å². The lowest BCUT2D eigenvalue weighted by Gasteiger charge is -2.12. The molecule has 1 fully saturated rings. The van der Waals surface area contributed by atoms with Crippen LogP contribution in [-0.4, -0.2) is 28.8 Å². The predicted molar refractivity (Wildman–Crippen MR) is 81.8 cm³/mol. The first-order chi connectivity index (χ1) is 11.4. The van der Waals surface area contributed by atoms with Crippen molar-refractivity contribution in [3.8, 4) is 5.75 Å². The second-order valence-electron chi connectivity index (χ2n) is 5.28. The SMILES string of the molecule is CC(=O)Oc1ccc2cc(C(=O)ON3C(=O)CCC3=O)ccc2c1. The van der Waals surface area contributed by atoms with Crippen LogP contribution in [0.4, 0.5) is 0 Å². The van der Waals surface area contributed by atoms with Crippen LogP contribution < -0.4 is 4.74 Å². The van der Waals surface area contributed by atoms with Crippen LogP contribution in [0.3, 0.4) is 0 Å². The fraction of sp³-hybridized carbons (Fsp3) is 0.176. The molecule has 7 heteroatoms. The zero-order valence-electron chi connectivity index (χ0n) is 12.8. The lowest BCUT2D eigenvalue weighted by atomic mass is 10.1. The first kappa shape index (κ1) is 15.7. The van der Waals surface area contributed by atoms with E-state index in [9.17, 15) is 19.2 Å². The van der Waals surface area contributed by atoms with E-state index in [1.165, 1.54) is 13.0 Å². The molecule has 7 nitrogen and oxygen atoms in total. The Kier molecular flexibility index (Phi) is 3.99. The summed E-state index contributed by atoms with van der Waals surface area (Å²) in [5.74, 6) is -1.86. The quantitative estimate of drug-likeness (QED) is 0.486. The maximum absolute atomic E-state index is 12.1. The van der Waals surface area contributed by atoms with E-state index in [2.05, 4.69) is 0 Å². The molecule has 0 radical (unpaired) electrons. The van der Waals surface area contributed by atoms with Crippen LogP contribution in [0, 0.1) is 0 Å². The van der Waals surface area contributed by atoms with E-state index >= 15 is 0 Å². The van der Waals surface area contributed by atoms with Gasteiger partial charge in [-0.15, -0.1) is 5.06 Å². The summed E-state index contributed by atoms with van der Waals surface area (Å²) >= 11 is 0.